The van der Waals surface area contributed by atoms with Crippen molar-refractivity contribution >= 4 is 11.7 Å². The molecule has 0 unspecified atom stereocenters. The molecule has 0 aromatic carbocycles. The summed E-state index contributed by atoms with van der Waals surface area (Å²) >= 11 is 0. The van der Waals surface area contributed by atoms with Gasteiger partial charge in [0.15, 0.2) is 0 Å². The zero-order valence-electron chi connectivity index (χ0n) is 15.7. The van der Waals surface area contributed by atoms with E-state index in [1.807, 2.05) is 24.8 Å². The lowest BCUT2D eigenvalue weighted by Gasteiger charge is -2.55. The lowest BCUT2D eigenvalue weighted by atomic mass is 9.63. The van der Waals surface area contributed by atoms with Crippen LogP contribution in [0.3, 0.4) is 0 Å². The molecular formula is C18H27N5O2. The van der Waals surface area contributed by atoms with Gasteiger partial charge in [-0.05, 0) is 32.8 Å². The van der Waals surface area contributed by atoms with Crippen LogP contribution in [0.25, 0.3) is 5.78 Å². The highest BCUT2D eigenvalue weighted by Gasteiger charge is 2.52. The van der Waals surface area contributed by atoms with Crippen LogP contribution >= 0.6 is 0 Å². The highest BCUT2D eigenvalue weighted by Crippen LogP contribution is 2.46. The number of aromatic nitrogens is 4. The predicted octanol–water partition coefficient (Wildman–Crippen LogP) is 2.49. The summed E-state index contributed by atoms with van der Waals surface area (Å²) in [5.41, 5.74) is 0.827. The van der Waals surface area contributed by atoms with Gasteiger partial charge in [0.1, 0.15) is 0 Å². The number of amides is 1. The van der Waals surface area contributed by atoms with Gasteiger partial charge in [0.2, 0.25) is 5.82 Å². The van der Waals surface area contributed by atoms with Crippen LogP contribution in [0.1, 0.15) is 56.8 Å². The largest absolute Gasteiger partial charge is 0.378 e. The highest BCUT2D eigenvalue weighted by molar-refractivity contribution is 5.91. The first kappa shape index (κ1) is 17.8. The molecule has 0 bridgehead atoms. The Hall–Kier alpha value is -2.02. The van der Waals surface area contributed by atoms with E-state index in [4.69, 9.17) is 4.74 Å². The van der Waals surface area contributed by atoms with Crippen molar-refractivity contribution in [2.75, 3.05) is 13.2 Å². The van der Waals surface area contributed by atoms with Crippen LogP contribution in [0, 0.1) is 12.3 Å². The first-order valence-corrected chi connectivity index (χ1v) is 9.01. The normalized spacial score (nSPS) is 22.0. The molecule has 0 aliphatic heterocycles. The average molecular weight is 345 g/mol. The molecule has 3 rings (SSSR count). The molecule has 0 radical (unpaired) electrons. The number of hydrogen-bond donors (Lipinski definition) is 0. The van der Waals surface area contributed by atoms with Crippen molar-refractivity contribution < 1.29 is 9.53 Å². The molecule has 1 aliphatic carbocycles. The monoisotopic (exact) mass is 345 g/mol. The quantitative estimate of drug-likeness (QED) is 0.804. The van der Waals surface area contributed by atoms with Gasteiger partial charge in [-0.2, -0.15) is 4.98 Å². The number of rotatable bonds is 6. The fourth-order valence-corrected chi connectivity index (χ4v) is 3.64. The van der Waals surface area contributed by atoms with Crippen molar-refractivity contribution in [3.8, 4) is 0 Å². The van der Waals surface area contributed by atoms with Gasteiger partial charge in [-0.15, -0.1) is 5.10 Å². The Balaban J connectivity index is 1.87. The van der Waals surface area contributed by atoms with Crippen LogP contribution in [-0.2, 0) is 4.74 Å². The zero-order chi connectivity index (χ0) is 18.2. The first-order chi connectivity index (χ1) is 11.9. The second-order valence-corrected chi connectivity index (χ2v) is 7.25. The molecule has 7 nitrogen and oxygen atoms in total. The van der Waals surface area contributed by atoms with E-state index < -0.39 is 0 Å². The van der Waals surface area contributed by atoms with Gasteiger partial charge in [0, 0.05) is 36.5 Å². The molecule has 2 aromatic rings. The van der Waals surface area contributed by atoms with Crippen LogP contribution in [0.2, 0.25) is 0 Å². The standard InChI is InChI=1S/C18H27N5O2/c1-6-10-22(13-11-14(25-7-2)18(13,4)5)16(24)15-20-17-19-9-8-12(3)23(17)21-15/h8-9,13-14H,6-7,10-11H2,1-5H3/t13-,14-/m0/s1. The van der Waals surface area contributed by atoms with Crippen molar-refractivity contribution in [3.63, 3.8) is 0 Å². The number of aryl methyl sites for hydroxylation is 1. The van der Waals surface area contributed by atoms with Gasteiger partial charge in [-0.3, -0.25) is 4.79 Å². The molecule has 136 valence electrons. The maximum absolute atomic E-state index is 13.1. The summed E-state index contributed by atoms with van der Waals surface area (Å²) in [5.74, 6) is 0.547. The van der Waals surface area contributed by atoms with E-state index in [1.54, 1.807) is 10.7 Å². The van der Waals surface area contributed by atoms with Crippen LogP contribution in [0.15, 0.2) is 12.3 Å². The number of hydrogen-bond acceptors (Lipinski definition) is 5. The summed E-state index contributed by atoms with van der Waals surface area (Å²) in [4.78, 5) is 23.6. The van der Waals surface area contributed by atoms with E-state index in [0.717, 1.165) is 18.5 Å². The minimum atomic E-state index is -0.125. The van der Waals surface area contributed by atoms with Crippen molar-refractivity contribution in [1.82, 2.24) is 24.5 Å². The fourth-order valence-electron chi connectivity index (χ4n) is 3.64. The maximum atomic E-state index is 13.1. The molecule has 7 heteroatoms. The third kappa shape index (κ3) is 3.01. The van der Waals surface area contributed by atoms with Crippen molar-refractivity contribution in [3.05, 3.63) is 23.8 Å². The Morgan fingerprint density at radius 2 is 2.20 bits per heavy atom. The molecule has 2 aromatic heterocycles. The molecule has 0 saturated heterocycles. The summed E-state index contributed by atoms with van der Waals surface area (Å²) < 4.78 is 7.43. The highest BCUT2D eigenvalue weighted by atomic mass is 16.5. The van der Waals surface area contributed by atoms with Crippen LogP contribution in [0.4, 0.5) is 0 Å². The number of carbonyl (C=O) groups is 1. The van der Waals surface area contributed by atoms with E-state index >= 15 is 0 Å². The second kappa shape index (κ2) is 6.71. The van der Waals surface area contributed by atoms with Crippen molar-refractivity contribution in [2.45, 2.75) is 59.6 Å². The molecule has 1 saturated carbocycles. The average Bonchev–Trinajstić information content (AvgIpc) is 3.02. The van der Waals surface area contributed by atoms with Gasteiger partial charge >= 0.3 is 0 Å². The molecule has 1 amide bonds. The zero-order valence-corrected chi connectivity index (χ0v) is 15.7. The minimum Gasteiger partial charge on any atom is -0.378 e. The predicted molar refractivity (Wildman–Crippen MR) is 94.4 cm³/mol. The molecule has 2 atom stereocenters. The van der Waals surface area contributed by atoms with Gasteiger partial charge in [0.05, 0.1) is 6.10 Å². The summed E-state index contributed by atoms with van der Waals surface area (Å²) in [6.07, 6.45) is 3.62. The molecule has 0 spiro atoms. The van der Waals surface area contributed by atoms with Crippen LogP contribution in [0.5, 0.6) is 0 Å². The van der Waals surface area contributed by atoms with Crippen molar-refractivity contribution in [1.29, 1.82) is 0 Å². The first-order valence-electron chi connectivity index (χ1n) is 9.01. The second-order valence-electron chi connectivity index (χ2n) is 7.25. The summed E-state index contributed by atoms with van der Waals surface area (Å²) in [7, 11) is 0. The van der Waals surface area contributed by atoms with Gasteiger partial charge < -0.3 is 9.64 Å². The Labute approximate surface area is 148 Å². The van der Waals surface area contributed by atoms with Crippen LogP contribution < -0.4 is 0 Å². The smallest absolute Gasteiger partial charge is 0.293 e. The Bertz CT molecular complexity index is 770. The summed E-state index contributed by atoms with van der Waals surface area (Å²) in [6.45, 7) is 11.7. The fraction of sp³-hybridized carbons (Fsp3) is 0.667. The topological polar surface area (TPSA) is 72.6 Å². The third-order valence-electron chi connectivity index (χ3n) is 5.22. The van der Waals surface area contributed by atoms with Gasteiger partial charge in [-0.1, -0.05) is 20.8 Å². The SMILES string of the molecule is CCCN(C(=O)c1nc2nccc(C)n2n1)[C@H]1C[C@H](OCC)C1(C)C. The third-order valence-corrected chi connectivity index (χ3v) is 5.22. The Kier molecular flexibility index (Phi) is 4.77. The molecule has 1 aliphatic rings. The maximum Gasteiger partial charge on any atom is 0.293 e. The van der Waals surface area contributed by atoms with Crippen LogP contribution in [-0.4, -0.2) is 55.7 Å². The van der Waals surface area contributed by atoms with E-state index in [1.165, 1.54) is 0 Å². The van der Waals surface area contributed by atoms with Crippen molar-refractivity contribution in [2.24, 2.45) is 5.41 Å². The van der Waals surface area contributed by atoms with Gasteiger partial charge in [-0.25, -0.2) is 9.50 Å². The molecule has 25 heavy (non-hydrogen) atoms. The lowest BCUT2D eigenvalue weighted by molar-refractivity contribution is -0.140. The summed E-state index contributed by atoms with van der Waals surface area (Å²) in [6, 6.07) is 1.98. The van der Waals surface area contributed by atoms with E-state index in [9.17, 15) is 4.79 Å². The van der Waals surface area contributed by atoms with E-state index in [2.05, 4.69) is 35.8 Å². The number of nitrogens with zero attached hydrogens (tertiary/aromatic N) is 5. The minimum absolute atomic E-state index is 0.0752. The molecular weight excluding hydrogens is 318 g/mol. The number of fused-ring (bicyclic) bond motifs is 1. The lowest BCUT2D eigenvalue weighted by Crippen LogP contribution is -2.63. The molecule has 1 fully saturated rings. The molecule has 2 heterocycles. The Morgan fingerprint density at radius 3 is 2.80 bits per heavy atom. The van der Waals surface area contributed by atoms with E-state index in [-0.39, 0.29) is 29.3 Å². The summed E-state index contributed by atoms with van der Waals surface area (Å²) in [5, 5.41) is 4.38. The number of ether oxygens (including phenoxy) is 1. The van der Waals surface area contributed by atoms with Gasteiger partial charge in [0.25, 0.3) is 11.7 Å². The van der Waals surface area contributed by atoms with E-state index in [0.29, 0.717) is 18.9 Å². The number of carbonyl (C=O) groups excluding carboxylic acids is 1. The molecule has 0 N–H and O–H groups in total. The Morgan fingerprint density at radius 1 is 1.44 bits per heavy atom.